The van der Waals surface area contributed by atoms with Gasteiger partial charge in [0.05, 0.1) is 19.8 Å². The van der Waals surface area contributed by atoms with E-state index in [2.05, 4.69) is 19.9 Å². The third-order valence-corrected chi connectivity index (χ3v) is 3.27. The second-order valence-electron chi connectivity index (χ2n) is 4.72. The Kier molecular flexibility index (Phi) is 4.58. The molecule has 0 aliphatic carbocycles. The average molecular weight is 286 g/mol. The zero-order valence-corrected chi connectivity index (χ0v) is 11.8. The first-order valence-corrected chi connectivity index (χ1v) is 7.10. The zero-order chi connectivity index (χ0) is 14.3. The van der Waals surface area contributed by atoms with E-state index in [1.807, 2.05) is 24.3 Å². The van der Waals surface area contributed by atoms with Crippen LogP contribution in [0.3, 0.4) is 0 Å². The minimum atomic E-state index is 0.412. The fraction of sp³-hybridized carbons (Fsp3) is 0.400. The van der Waals surface area contributed by atoms with Crippen LogP contribution in [-0.4, -0.2) is 47.9 Å². The van der Waals surface area contributed by atoms with Gasteiger partial charge in [-0.05, 0) is 18.2 Å². The summed E-state index contributed by atoms with van der Waals surface area (Å²) in [7, 11) is 0. The minimum Gasteiger partial charge on any atom is -0.463 e. The molecule has 2 aromatic rings. The van der Waals surface area contributed by atoms with Crippen molar-refractivity contribution in [2.45, 2.75) is 6.42 Å². The number of morpholine rings is 1. The summed E-state index contributed by atoms with van der Waals surface area (Å²) >= 11 is 0. The molecule has 3 rings (SSSR count). The third-order valence-electron chi connectivity index (χ3n) is 3.27. The number of pyridine rings is 1. The van der Waals surface area contributed by atoms with Crippen LogP contribution in [0.25, 0.3) is 0 Å². The van der Waals surface area contributed by atoms with E-state index in [-0.39, 0.29) is 0 Å². The van der Waals surface area contributed by atoms with Crippen molar-refractivity contribution in [3.8, 4) is 6.01 Å². The first-order valence-electron chi connectivity index (χ1n) is 7.10. The lowest BCUT2D eigenvalue weighted by Crippen LogP contribution is -2.36. The maximum atomic E-state index is 5.62. The van der Waals surface area contributed by atoms with Gasteiger partial charge in [0.1, 0.15) is 5.82 Å². The summed E-state index contributed by atoms with van der Waals surface area (Å²) in [5, 5.41) is 0. The van der Waals surface area contributed by atoms with E-state index in [1.165, 1.54) is 0 Å². The van der Waals surface area contributed by atoms with Gasteiger partial charge in [0, 0.05) is 37.6 Å². The molecule has 0 aromatic carbocycles. The number of rotatable bonds is 5. The van der Waals surface area contributed by atoms with Crippen LogP contribution in [0.1, 0.15) is 5.69 Å². The Bertz CT molecular complexity index is 559. The van der Waals surface area contributed by atoms with Crippen LogP contribution in [-0.2, 0) is 11.2 Å². The fourth-order valence-electron chi connectivity index (χ4n) is 2.16. The predicted molar refractivity (Wildman–Crippen MR) is 78.5 cm³/mol. The van der Waals surface area contributed by atoms with Gasteiger partial charge in [-0.15, -0.1) is 0 Å². The fourth-order valence-corrected chi connectivity index (χ4v) is 2.16. The molecule has 110 valence electrons. The van der Waals surface area contributed by atoms with Crippen molar-refractivity contribution in [2.24, 2.45) is 0 Å². The molecule has 0 N–H and O–H groups in total. The van der Waals surface area contributed by atoms with Gasteiger partial charge in [-0.3, -0.25) is 4.98 Å². The number of hydrogen-bond donors (Lipinski definition) is 0. The number of ether oxygens (including phenoxy) is 2. The summed E-state index contributed by atoms with van der Waals surface area (Å²) < 4.78 is 11.0. The minimum absolute atomic E-state index is 0.412. The van der Waals surface area contributed by atoms with Gasteiger partial charge in [-0.25, -0.2) is 4.98 Å². The normalized spacial score (nSPS) is 15.0. The number of anilines is 1. The van der Waals surface area contributed by atoms with Gasteiger partial charge in [0.15, 0.2) is 0 Å². The van der Waals surface area contributed by atoms with E-state index >= 15 is 0 Å². The standard InChI is InChI=1S/C15H18N4O2/c1-2-6-16-13(3-1)5-10-21-15-17-7-4-14(18-15)19-8-11-20-12-9-19/h1-4,6-7H,5,8-12H2. The zero-order valence-electron chi connectivity index (χ0n) is 11.8. The van der Waals surface area contributed by atoms with Crippen LogP contribution >= 0.6 is 0 Å². The van der Waals surface area contributed by atoms with E-state index in [4.69, 9.17) is 9.47 Å². The first kappa shape index (κ1) is 13.8. The van der Waals surface area contributed by atoms with Crippen LogP contribution in [0.15, 0.2) is 36.7 Å². The summed E-state index contributed by atoms with van der Waals surface area (Å²) in [6.07, 6.45) is 4.25. The number of aromatic nitrogens is 3. The maximum Gasteiger partial charge on any atom is 0.318 e. The molecule has 1 aliphatic heterocycles. The molecule has 0 amide bonds. The molecule has 0 saturated carbocycles. The summed E-state index contributed by atoms with van der Waals surface area (Å²) in [6, 6.07) is 8.16. The van der Waals surface area contributed by atoms with Crippen molar-refractivity contribution >= 4 is 5.82 Å². The lowest BCUT2D eigenvalue weighted by molar-refractivity contribution is 0.122. The van der Waals surface area contributed by atoms with Crippen LogP contribution in [0.5, 0.6) is 6.01 Å². The summed E-state index contributed by atoms with van der Waals surface area (Å²) in [5.74, 6) is 0.890. The summed E-state index contributed by atoms with van der Waals surface area (Å²) in [5.41, 5.74) is 1.00. The molecule has 3 heterocycles. The highest BCUT2D eigenvalue weighted by molar-refractivity contribution is 5.38. The molecule has 21 heavy (non-hydrogen) atoms. The Morgan fingerprint density at radius 3 is 2.81 bits per heavy atom. The second kappa shape index (κ2) is 6.99. The topological polar surface area (TPSA) is 60.4 Å². The highest BCUT2D eigenvalue weighted by Crippen LogP contribution is 2.14. The Morgan fingerprint density at radius 2 is 2.00 bits per heavy atom. The predicted octanol–water partition coefficient (Wildman–Crippen LogP) is 1.33. The van der Waals surface area contributed by atoms with E-state index < -0.39 is 0 Å². The Morgan fingerprint density at radius 1 is 1.10 bits per heavy atom. The van der Waals surface area contributed by atoms with Crippen molar-refractivity contribution < 1.29 is 9.47 Å². The van der Waals surface area contributed by atoms with Crippen molar-refractivity contribution in [3.05, 3.63) is 42.4 Å². The molecule has 2 aromatic heterocycles. The van der Waals surface area contributed by atoms with E-state index in [9.17, 15) is 0 Å². The van der Waals surface area contributed by atoms with Gasteiger partial charge >= 0.3 is 6.01 Å². The highest BCUT2D eigenvalue weighted by atomic mass is 16.5. The summed E-state index contributed by atoms with van der Waals surface area (Å²) in [4.78, 5) is 15.0. The number of hydrogen-bond acceptors (Lipinski definition) is 6. The van der Waals surface area contributed by atoms with Gasteiger partial charge in [0.25, 0.3) is 0 Å². The monoisotopic (exact) mass is 286 g/mol. The van der Waals surface area contributed by atoms with Gasteiger partial charge in [-0.2, -0.15) is 4.98 Å². The van der Waals surface area contributed by atoms with Crippen LogP contribution < -0.4 is 9.64 Å². The lowest BCUT2D eigenvalue weighted by atomic mass is 10.3. The Hall–Kier alpha value is -2.21. The van der Waals surface area contributed by atoms with Gasteiger partial charge in [-0.1, -0.05) is 6.07 Å². The highest BCUT2D eigenvalue weighted by Gasteiger charge is 2.13. The van der Waals surface area contributed by atoms with E-state index in [1.54, 1.807) is 12.4 Å². The molecule has 0 atom stereocenters. The molecule has 0 unspecified atom stereocenters. The molecule has 0 bridgehead atoms. The molecule has 1 aliphatic rings. The molecule has 0 spiro atoms. The molecular formula is C15H18N4O2. The lowest BCUT2D eigenvalue weighted by Gasteiger charge is -2.27. The van der Waals surface area contributed by atoms with Crippen molar-refractivity contribution in [2.75, 3.05) is 37.8 Å². The Balaban J connectivity index is 1.55. The molecule has 1 fully saturated rings. The van der Waals surface area contributed by atoms with Crippen LogP contribution in [0.2, 0.25) is 0 Å². The first-order chi connectivity index (χ1) is 10.4. The van der Waals surface area contributed by atoms with Gasteiger partial charge < -0.3 is 14.4 Å². The average Bonchev–Trinajstić information content (AvgIpc) is 2.57. The summed E-state index contributed by atoms with van der Waals surface area (Å²) in [6.45, 7) is 3.69. The molecule has 1 saturated heterocycles. The number of nitrogens with zero attached hydrogens (tertiary/aromatic N) is 4. The van der Waals surface area contributed by atoms with Crippen LogP contribution in [0.4, 0.5) is 5.82 Å². The molecule has 6 heteroatoms. The molecular weight excluding hydrogens is 268 g/mol. The third kappa shape index (κ3) is 3.88. The van der Waals surface area contributed by atoms with Crippen molar-refractivity contribution in [1.29, 1.82) is 0 Å². The van der Waals surface area contributed by atoms with Crippen molar-refractivity contribution in [3.63, 3.8) is 0 Å². The van der Waals surface area contributed by atoms with E-state index in [0.29, 0.717) is 12.6 Å². The smallest absolute Gasteiger partial charge is 0.318 e. The largest absolute Gasteiger partial charge is 0.463 e. The van der Waals surface area contributed by atoms with E-state index in [0.717, 1.165) is 44.2 Å². The maximum absolute atomic E-state index is 5.62. The molecule has 6 nitrogen and oxygen atoms in total. The van der Waals surface area contributed by atoms with Crippen molar-refractivity contribution in [1.82, 2.24) is 15.0 Å². The molecule has 0 radical (unpaired) electrons. The van der Waals surface area contributed by atoms with Gasteiger partial charge in [0.2, 0.25) is 0 Å². The quantitative estimate of drug-likeness (QED) is 0.826. The van der Waals surface area contributed by atoms with Crippen LogP contribution in [0, 0.1) is 0 Å². The SMILES string of the molecule is c1ccc(CCOc2nccc(N3CCOCC3)n2)nc1. The Labute approximate surface area is 123 Å². The second-order valence-corrected chi connectivity index (χ2v) is 4.72.